The molecule has 5 heteroatoms. The molecule has 2 aliphatic rings. The summed E-state index contributed by atoms with van der Waals surface area (Å²) >= 11 is 0. The molecule has 0 radical (unpaired) electrons. The van der Waals surface area contributed by atoms with Gasteiger partial charge < -0.3 is 10.2 Å². The molecule has 0 bridgehead atoms. The van der Waals surface area contributed by atoms with Crippen LogP contribution in [0.15, 0.2) is 60.9 Å². The Morgan fingerprint density at radius 3 is 2.56 bits per heavy atom. The summed E-state index contributed by atoms with van der Waals surface area (Å²) in [6, 6.07) is 12.3. The molecular weight excluding hydrogens is 398 g/mol. The first-order chi connectivity index (χ1) is 15.6. The van der Waals surface area contributed by atoms with Gasteiger partial charge >= 0.3 is 0 Å². The summed E-state index contributed by atoms with van der Waals surface area (Å²) in [6.45, 7) is 3.86. The number of nitrogens with one attached hydrogen (secondary N) is 1. The van der Waals surface area contributed by atoms with Crippen LogP contribution in [0.5, 0.6) is 0 Å². The lowest BCUT2D eigenvalue weighted by atomic mass is 9.72. The van der Waals surface area contributed by atoms with E-state index in [0.717, 1.165) is 24.0 Å². The Bertz CT molecular complexity index is 962. The molecule has 1 N–H and O–H groups in total. The van der Waals surface area contributed by atoms with E-state index in [-0.39, 0.29) is 11.8 Å². The Balaban J connectivity index is 1.52. The van der Waals surface area contributed by atoms with E-state index >= 15 is 0 Å². The number of pyridine rings is 1. The molecule has 2 amide bonds. The van der Waals surface area contributed by atoms with Crippen LogP contribution >= 0.6 is 0 Å². The van der Waals surface area contributed by atoms with Crippen molar-refractivity contribution in [2.24, 2.45) is 11.3 Å². The number of aromatic nitrogens is 1. The van der Waals surface area contributed by atoms with Gasteiger partial charge in [0.05, 0.1) is 5.41 Å². The van der Waals surface area contributed by atoms with E-state index in [1.54, 1.807) is 12.4 Å². The lowest BCUT2D eigenvalue weighted by Crippen LogP contribution is -2.51. The zero-order chi connectivity index (χ0) is 22.4. The van der Waals surface area contributed by atoms with Crippen LogP contribution in [-0.4, -0.2) is 41.3 Å². The third-order valence-corrected chi connectivity index (χ3v) is 6.98. The summed E-state index contributed by atoms with van der Waals surface area (Å²) in [6.07, 6.45) is 12.8. The minimum absolute atomic E-state index is 0.107. The normalized spacial score (nSPS) is 19.7. The molecule has 1 unspecified atom stereocenters. The molecular formula is C27H33N3O2. The molecule has 0 saturated carbocycles. The van der Waals surface area contributed by atoms with E-state index in [4.69, 9.17) is 0 Å². The number of carbonyl (C=O) groups excluding carboxylic acids is 2. The van der Waals surface area contributed by atoms with Crippen molar-refractivity contribution < 1.29 is 9.59 Å². The van der Waals surface area contributed by atoms with Gasteiger partial charge in [-0.15, -0.1) is 0 Å². The molecule has 32 heavy (non-hydrogen) atoms. The van der Waals surface area contributed by atoms with Gasteiger partial charge in [-0.05, 0) is 73.8 Å². The Labute approximate surface area is 190 Å². The first-order valence-corrected chi connectivity index (χ1v) is 11.8. The van der Waals surface area contributed by atoms with Gasteiger partial charge in [0.1, 0.15) is 0 Å². The van der Waals surface area contributed by atoms with Gasteiger partial charge in [-0.25, -0.2) is 0 Å². The summed E-state index contributed by atoms with van der Waals surface area (Å²) in [4.78, 5) is 32.2. The van der Waals surface area contributed by atoms with Gasteiger partial charge in [0.2, 0.25) is 11.8 Å². The summed E-state index contributed by atoms with van der Waals surface area (Å²) in [5.41, 5.74) is 2.92. The predicted molar refractivity (Wildman–Crippen MR) is 127 cm³/mol. The number of hydrogen-bond acceptors (Lipinski definition) is 3. The number of carbonyl (C=O) groups is 2. The number of amides is 2. The highest BCUT2D eigenvalue weighted by molar-refractivity contribution is 5.84. The van der Waals surface area contributed by atoms with Gasteiger partial charge in [-0.3, -0.25) is 14.6 Å². The topological polar surface area (TPSA) is 62.3 Å². The fraction of sp³-hybridized carbons (Fsp3) is 0.444. The SMILES string of the molecule is CCNC(=O)C1(Cc2ccccc2-c2ccncc2)CCN(C(=O)CC2C=CCC2)CC1. The highest BCUT2D eigenvalue weighted by Crippen LogP contribution is 2.38. The number of nitrogens with zero attached hydrogens (tertiary/aromatic N) is 2. The van der Waals surface area contributed by atoms with Gasteiger partial charge in [0, 0.05) is 38.4 Å². The second-order valence-corrected chi connectivity index (χ2v) is 9.06. The second kappa shape index (κ2) is 10.1. The van der Waals surface area contributed by atoms with Gasteiger partial charge in [-0.1, -0.05) is 36.4 Å². The van der Waals surface area contributed by atoms with Crippen molar-refractivity contribution in [2.75, 3.05) is 19.6 Å². The molecule has 1 saturated heterocycles. The van der Waals surface area contributed by atoms with E-state index in [1.807, 2.05) is 36.1 Å². The zero-order valence-corrected chi connectivity index (χ0v) is 18.9. The van der Waals surface area contributed by atoms with Crippen molar-refractivity contribution in [3.8, 4) is 11.1 Å². The van der Waals surface area contributed by atoms with E-state index in [1.165, 1.54) is 5.56 Å². The number of piperidine rings is 1. The van der Waals surface area contributed by atoms with Crippen LogP contribution in [0.1, 0.15) is 44.6 Å². The van der Waals surface area contributed by atoms with E-state index < -0.39 is 5.41 Å². The van der Waals surface area contributed by atoms with Crippen molar-refractivity contribution in [1.82, 2.24) is 15.2 Å². The lowest BCUT2D eigenvalue weighted by molar-refractivity contribution is -0.141. The van der Waals surface area contributed by atoms with E-state index in [9.17, 15) is 9.59 Å². The third kappa shape index (κ3) is 4.93. The molecule has 1 aliphatic carbocycles. The van der Waals surface area contributed by atoms with Crippen LogP contribution in [0.3, 0.4) is 0 Å². The Kier molecular flexibility index (Phi) is 7.03. The number of allylic oxidation sites excluding steroid dienone is 2. The van der Waals surface area contributed by atoms with Crippen molar-refractivity contribution >= 4 is 11.8 Å². The maximum absolute atomic E-state index is 13.3. The number of likely N-dealkylation sites (tertiary alicyclic amines) is 1. The fourth-order valence-corrected chi connectivity index (χ4v) is 5.09. The minimum Gasteiger partial charge on any atom is -0.356 e. The molecule has 1 aromatic carbocycles. The largest absolute Gasteiger partial charge is 0.356 e. The number of rotatable bonds is 7. The van der Waals surface area contributed by atoms with Crippen LogP contribution in [0.25, 0.3) is 11.1 Å². The third-order valence-electron chi connectivity index (χ3n) is 6.98. The highest BCUT2D eigenvalue weighted by atomic mass is 16.2. The standard InChI is InChI=1S/C27H33N3O2/c1-2-29-26(32)27(13-17-30(18-14-27)25(31)19-21-7-3-4-8-21)20-23-9-5-6-10-24(23)22-11-15-28-16-12-22/h3,5-7,9-12,15-16,21H,2,4,8,13-14,17-20H2,1H3,(H,29,32). The molecule has 168 valence electrons. The summed E-state index contributed by atoms with van der Waals surface area (Å²) in [5, 5.41) is 3.08. The maximum Gasteiger partial charge on any atom is 0.226 e. The fourth-order valence-electron chi connectivity index (χ4n) is 5.09. The van der Waals surface area contributed by atoms with Crippen LogP contribution in [-0.2, 0) is 16.0 Å². The zero-order valence-electron chi connectivity index (χ0n) is 18.9. The lowest BCUT2D eigenvalue weighted by Gasteiger charge is -2.41. The number of hydrogen-bond donors (Lipinski definition) is 1. The average Bonchev–Trinajstić information content (AvgIpc) is 3.33. The predicted octanol–water partition coefficient (Wildman–Crippen LogP) is 4.39. The van der Waals surface area contributed by atoms with E-state index in [2.05, 4.69) is 34.6 Å². The molecule has 1 atom stereocenters. The van der Waals surface area contributed by atoms with Crippen LogP contribution < -0.4 is 5.32 Å². The minimum atomic E-state index is -0.497. The van der Waals surface area contributed by atoms with Gasteiger partial charge in [0.25, 0.3) is 0 Å². The molecule has 1 aliphatic heterocycles. The molecule has 1 fully saturated rings. The number of benzene rings is 1. The second-order valence-electron chi connectivity index (χ2n) is 9.06. The molecule has 5 nitrogen and oxygen atoms in total. The summed E-state index contributed by atoms with van der Waals surface area (Å²) < 4.78 is 0. The Hall–Kier alpha value is -2.95. The molecule has 0 spiro atoms. The summed E-state index contributed by atoms with van der Waals surface area (Å²) in [7, 11) is 0. The molecule has 2 aromatic rings. The van der Waals surface area contributed by atoms with Crippen molar-refractivity contribution in [3.05, 3.63) is 66.5 Å². The molecule has 4 rings (SSSR count). The maximum atomic E-state index is 13.3. The smallest absolute Gasteiger partial charge is 0.226 e. The molecule has 2 heterocycles. The molecule has 1 aromatic heterocycles. The monoisotopic (exact) mass is 431 g/mol. The van der Waals surface area contributed by atoms with Crippen LogP contribution in [0.2, 0.25) is 0 Å². The average molecular weight is 432 g/mol. The van der Waals surface area contributed by atoms with Gasteiger partial charge in [0.15, 0.2) is 0 Å². The van der Waals surface area contributed by atoms with Crippen molar-refractivity contribution in [1.29, 1.82) is 0 Å². The first-order valence-electron chi connectivity index (χ1n) is 11.8. The van der Waals surface area contributed by atoms with Crippen LogP contribution in [0.4, 0.5) is 0 Å². The van der Waals surface area contributed by atoms with Gasteiger partial charge in [-0.2, -0.15) is 0 Å². The summed E-state index contributed by atoms with van der Waals surface area (Å²) in [5.74, 6) is 0.711. The van der Waals surface area contributed by atoms with E-state index in [0.29, 0.717) is 51.2 Å². The quantitative estimate of drug-likeness (QED) is 0.661. The Morgan fingerprint density at radius 1 is 1.12 bits per heavy atom. The Morgan fingerprint density at radius 2 is 1.88 bits per heavy atom. The van der Waals surface area contributed by atoms with Crippen molar-refractivity contribution in [3.63, 3.8) is 0 Å². The van der Waals surface area contributed by atoms with Crippen LogP contribution in [0, 0.1) is 11.3 Å². The van der Waals surface area contributed by atoms with Crippen molar-refractivity contribution in [2.45, 2.75) is 45.4 Å². The first kappa shape index (κ1) is 22.3. The highest BCUT2D eigenvalue weighted by Gasteiger charge is 2.42.